The molecule has 0 aliphatic rings. The lowest BCUT2D eigenvalue weighted by atomic mass is 10.2. The summed E-state index contributed by atoms with van der Waals surface area (Å²) in [6.07, 6.45) is 0. The van der Waals surface area contributed by atoms with Crippen molar-refractivity contribution in [3.05, 3.63) is 90.0 Å². The van der Waals surface area contributed by atoms with Crippen molar-refractivity contribution in [1.82, 2.24) is 0 Å². The number of hydrogen-bond donors (Lipinski definition) is 1. The van der Waals surface area contributed by atoms with Gasteiger partial charge in [0.1, 0.15) is 0 Å². The van der Waals surface area contributed by atoms with Gasteiger partial charge in [0.2, 0.25) is 0 Å². The van der Waals surface area contributed by atoms with Crippen molar-refractivity contribution < 1.29 is 4.79 Å². The minimum Gasteiger partial charge on any atom is -0.378 e. The van der Waals surface area contributed by atoms with Crippen LogP contribution >= 0.6 is 11.8 Å². The summed E-state index contributed by atoms with van der Waals surface area (Å²) < 4.78 is 0. The minimum absolute atomic E-state index is 0.0845. The van der Waals surface area contributed by atoms with Crippen LogP contribution in [0.2, 0.25) is 0 Å². The zero-order valence-electron chi connectivity index (χ0n) is 15.0. The first-order valence-corrected chi connectivity index (χ1v) is 9.46. The molecule has 0 unspecified atom stereocenters. The number of carbonyl (C=O) groups is 1. The maximum absolute atomic E-state index is 12.7. The molecule has 1 amide bonds. The van der Waals surface area contributed by atoms with Crippen LogP contribution in [-0.4, -0.2) is 20.0 Å². The molecule has 0 heterocycles. The Hall–Kier alpha value is -2.72. The summed E-state index contributed by atoms with van der Waals surface area (Å²) in [5, 5.41) is 2.99. The molecular weight excluding hydrogens is 340 g/mol. The molecule has 0 bridgehead atoms. The van der Waals surface area contributed by atoms with Crippen LogP contribution in [0, 0.1) is 0 Å². The largest absolute Gasteiger partial charge is 0.378 e. The summed E-state index contributed by atoms with van der Waals surface area (Å²) in [6, 6.07) is 25.8. The normalized spacial score (nSPS) is 10.4. The standard InChI is InChI=1S/C22H22N2OS/c1-24(2)19-14-12-18(13-15-19)23-22(25)20-10-6-7-11-21(20)26-16-17-8-4-3-5-9-17/h3-15H,16H2,1-2H3,(H,23,25). The third-order valence-corrected chi connectivity index (χ3v) is 5.16. The molecule has 3 aromatic rings. The van der Waals surface area contributed by atoms with Gasteiger partial charge in [-0.2, -0.15) is 0 Å². The maximum atomic E-state index is 12.7. The molecule has 3 nitrogen and oxygen atoms in total. The fourth-order valence-electron chi connectivity index (χ4n) is 2.56. The zero-order valence-corrected chi connectivity index (χ0v) is 15.8. The molecule has 3 aromatic carbocycles. The molecule has 0 fully saturated rings. The van der Waals surface area contributed by atoms with Crippen molar-refractivity contribution in [3.63, 3.8) is 0 Å². The second kappa shape index (κ2) is 8.59. The fraction of sp³-hybridized carbons (Fsp3) is 0.136. The summed E-state index contributed by atoms with van der Waals surface area (Å²) in [6.45, 7) is 0. The molecule has 26 heavy (non-hydrogen) atoms. The summed E-state index contributed by atoms with van der Waals surface area (Å²) in [5.74, 6) is 0.752. The van der Waals surface area contributed by atoms with Gasteiger partial charge in [-0.15, -0.1) is 11.8 Å². The second-order valence-electron chi connectivity index (χ2n) is 6.17. The number of thioether (sulfide) groups is 1. The van der Waals surface area contributed by atoms with Gasteiger partial charge in [-0.25, -0.2) is 0 Å². The number of benzene rings is 3. The second-order valence-corrected chi connectivity index (χ2v) is 7.18. The van der Waals surface area contributed by atoms with E-state index >= 15 is 0 Å². The van der Waals surface area contributed by atoms with E-state index in [-0.39, 0.29) is 5.91 Å². The maximum Gasteiger partial charge on any atom is 0.256 e. The third-order valence-electron chi connectivity index (χ3n) is 4.01. The van der Waals surface area contributed by atoms with E-state index in [0.717, 1.165) is 22.0 Å². The quantitative estimate of drug-likeness (QED) is 0.604. The van der Waals surface area contributed by atoms with Crippen molar-refractivity contribution in [2.75, 3.05) is 24.3 Å². The number of amides is 1. The Balaban J connectivity index is 1.71. The van der Waals surface area contributed by atoms with Crippen molar-refractivity contribution in [1.29, 1.82) is 0 Å². The first-order valence-electron chi connectivity index (χ1n) is 8.48. The Morgan fingerprint density at radius 2 is 1.54 bits per heavy atom. The summed E-state index contributed by atoms with van der Waals surface area (Å²) >= 11 is 1.68. The van der Waals surface area contributed by atoms with Crippen LogP contribution in [-0.2, 0) is 5.75 Å². The molecule has 0 saturated heterocycles. The summed E-state index contributed by atoms with van der Waals surface area (Å²) in [5.41, 5.74) is 3.84. The molecule has 0 atom stereocenters. The van der Waals surface area contributed by atoms with E-state index < -0.39 is 0 Å². The fourth-order valence-corrected chi connectivity index (χ4v) is 3.56. The van der Waals surface area contributed by atoms with Crippen LogP contribution < -0.4 is 10.2 Å². The van der Waals surface area contributed by atoms with Crippen LogP contribution in [0.15, 0.2) is 83.8 Å². The molecule has 132 valence electrons. The summed E-state index contributed by atoms with van der Waals surface area (Å²) in [7, 11) is 3.99. The molecule has 1 N–H and O–H groups in total. The number of carbonyl (C=O) groups excluding carboxylic acids is 1. The van der Waals surface area contributed by atoms with Gasteiger partial charge in [0, 0.05) is 36.1 Å². The Kier molecular flexibility index (Phi) is 5.97. The lowest BCUT2D eigenvalue weighted by molar-refractivity contribution is 0.102. The average Bonchev–Trinajstić information content (AvgIpc) is 2.68. The van der Waals surface area contributed by atoms with Gasteiger partial charge >= 0.3 is 0 Å². The van der Waals surface area contributed by atoms with E-state index in [2.05, 4.69) is 17.4 Å². The van der Waals surface area contributed by atoms with Crippen LogP contribution in [0.3, 0.4) is 0 Å². The lowest BCUT2D eigenvalue weighted by Gasteiger charge is -2.14. The van der Waals surface area contributed by atoms with Gasteiger partial charge in [-0.1, -0.05) is 42.5 Å². The Morgan fingerprint density at radius 1 is 0.885 bits per heavy atom. The molecule has 3 rings (SSSR count). The number of hydrogen-bond acceptors (Lipinski definition) is 3. The number of nitrogens with zero attached hydrogens (tertiary/aromatic N) is 1. The van der Waals surface area contributed by atoms with E-state index in [1.54, 1.807) is 11.8 Å². The van der Waals surface area contributed by atoms with Gasteiger partial charge in [0.05, 0.1) is 5.56 Å². The van der Waals surface area contributed by atoms with Gasteiger partial charge in [-0.05, 0) is 42.0 Å². The number of nitrogens with one attached hydrogen (secondary N) is 1. The van der Waals surface area contributed by atoms with E-state index in [9.17, 15) is 4.79 Å². The SMILES string of the molecule is CN(C)c1ccc(NC(=O)c2ccccc2SCc2ccccc2)cc1. The monoisotopic (exact) mass is 362 g/mol. The van der Waals surface area contributed by atoms with E-state index in [1.807, 2.05) is 85.7 Å². The predicted octanol–water partition coefficient (Wildman–Crippen LogP) is 5.30. The first kappa shape index (κ1) is 18.1. The third kappa shape index (κ3) is 4.67. The molecule has 0 aromatic heterocycles. The Labute approximate surface area is 159 Å². The predicted molar refractivity (Wildman–Crippen MR) is 111 cm³/mol. The molecule has 0 aliphatic carbocycles. The first-order chi connectivity index (χ1) is 12.6. The van der Waals surface area contributed by atoms with Gasteiger partial charge in [0.15, 0.2) is 0 Å². The van der Waals surface area contributed by atoms with Gasteiger partial charge in [0.25, 0.3) is 5.91 Å². The highest BCUT2D eigenvalue weighted by molar-refractivity contribution is 7.98. The highest BCUT2D eigenvalue weighted by Gasteiger charge is 2.12. The number of rotatable bonds is 6. The van der Waals surface area contributed by atoms with Crippen LogP contribution in [0.25, 0.3) is 0 Å². The topological polar surface area (TPSA) is 32.3 Å². The van der Waals surface area contributed by atoms with Gasteiger partial charge in [-0.3, -0.25) is 4.79 Å². The van der Waals surface area contributed by atoms with Crippen molar-refractivity contribution in [2.24, 2.45) is 0 Å². The van der Waals surface area contributed by atoms with Crippen molar-refractivity contribution >= 4 is 29.0 Å². The van der Waals surface area contributed by atoms with E-state index in [4.69, 9.17) is 0 Å². The molecule has 0 aliphatic heterocycles. The number of anilines is 2. The zero-order chi connectivity index (χ0) is 18.4. The van der Waals surface area contributed by atoms with E-state index in [0.29, 0.717) is 5.56 Å². The van der Waals surface area contributed by atoms with Gasteiger partial charge < -0.3 is 10.2 Å². The van der Waals surface area contributed by atoms with Crippen LogP contribution in [0.5, 0.6) is 0 Å². The summed E-state index contributed by atoms with van der Waals surface area (Å²) in [4.78, 5) is 15.7. The highest BCUT2D eigenvalue weighted by atomic mass is 32.2. The lowest BCUT2D eigenvalue weighted by Crippen LogP contribution is -2.13. The molecule has 4 heteroatoms. The highest BCUT2D eigenvalue weighted by Crippen LogP contribution is 2.27. The Bertz CT molecular complexity index is 861. The smallest absolute Gasteiger partial charge is 0.256 e. The molecule has 0 spiro atoms. The van der Waals surface area contributed by atoms with Crippen LogP contribution in [0.4, 0.5) is 11.4 Å². The Morgan fingerprint density at radius 3 is 2.23 bits per heavy atom. The van der Waals surface area contributed by atoms with Crippen molar-refractivity contribution in [3.8, 4) is 0 Å². The van der Waals surface area contributed by atoms with Crippen LogP contribution in [0.1, 0.15) is 15.9 Å². The average molecular weight is 362 g/mol. The van der Waals surface area contributed by atoms with Crippen molar-refractivity contribution in [2.45, 2.75) is 10.6 Å². The van der Waals surface area contributed by atoms with E-state index in [1.165, 1.54) is 5.56 Å². The molecule has 0 radical (unpaired) electrons. The minimum atomic E-state index is -0.0845. The molecule has 0 saturated carbocycles. The molecular formula is C22H22N2OS.